The van der Waals surface area contributed by atoms with Crippen LogP contribution in [0.25, 0.3) is 0 Å². The zero-order valence-corrected chi connectivity index (χ0v) is 12.8. The highest BCUT2D eigenvalue weighted by Crippen LogP contribution is 2.17. The van der Waals surface area contributed by atoms with E-state index in [4.69, 9.17) is 15.6 Å². The number of carbonyl (C=O) groups is 1. The first-order chi connectivity index (χ1) is 9.70. The molecule has 118 valence electrons. The van der Waals surface area contributed by atoms with Crippen molar-refractivity contribution in [2.45, 2.75) is 32.0 Å². The summed E-state index contributed by atoms with van der Waals surface area (Å²) in [6, 6.07) is 7.03. The fourth-order valence-electron chi connectivity index (χ4n) is 2.43. The van der Waals surface area contributed by atoms with E-state index >= 15 is 0 Å². The molecule has 1 heterocycles. The molecule has 1 unspecified atom stereocenters. The van der Waals surface area contributed by atoms with Crippen LogP contribution in [0.1, 0.15) is 24.0 Å². The Labute approximate surface area is 131 Å². The molecular formula is C15H23ClN2O3. The molecule has 1 aliphatic rings. The fourth-order valence-corrected chi connectivity index (χ4v) is 2.43. The van der Waals surface area contributed by atoms with E-state index in [1.165, 1.54) is 0 Å². The molecule has 1 amide bonds. The highest BCUT2D eigenvalue weighted by atomic mass is 35.5. The third kappa shape index (κ3) is 5.28. The third-order valence-electron chi connectivity index (χ3n) is 3.72. The molecule has 6 heteroatoms. The quantitative estimate of drug-likeness (QED) is 0.756. The van der Waals surface area contributed by atoms with Gasteiger partial charge in [-0.1, -0.05) is 24.3 Å². The van der Waals surface area contributed by atoms with Gasteiger partial charge in [0, 0.05) is 19.8 Å². The molecule has 0 bridgehead atoms. The molecule has 1 atom stereocenters. The second-order valence-corrected chi connectivity index (χ2v) is 5.17. The Hall–Kier alpha value is -1.14. The molecule has 5 nitrogen and oxygen atoms in total. The molecular weight excluding hydrogens is 292 g/mol. The molecule has 0 spiro atoms. The van der Waals surface area contributed by atoms with Crippen molar-refractivity contribution < 1.29 is 14.6 Å². The van der Waals surface area contributed by atoms with Crippen molar-refractivity contribution in [2.24, 2.45) is 11.7 Å². The van der Waals surface area contributed by atoms with Gasteiger partial charge in [0.1, 0.15) is 0 Å². The number of hydrogen-bond acceptors (Lipinski definition) is 4. The lowest BCUT2D eigenvalue weighted by molar-refractivity contribution is -0.124. The predicted octanol–water partition coefficient (Wildman–Crippen LogP) is 0.971. The van der Waals surface area contributed by atoms with E-state index in [0.717, 1.165) is 24.0 Å². The smallest absolute Gasteiger partial charge is 0.237 e. The third-order valence-corrected chi connectivity index (χ3v) is 3.72. The van der Waals surface area contributed by atoms with Crippen molar-refractivity contribution in [1.82, 2.24) is 5.32 Å². The Morgan fingerprint density at radius 2 is 2.05 bits per heavy atom. The van der Waals surface area contributed by atoms with Crippen LogP contribution in [0.15, 0.2) is 24.3 Å². The number of carbonyl (C=O) groups excluding carboxylic acids is 1. The topological polar surface area (TPSA) is 84.6 Å². The molecule has 21 heavy (non-hydrogen) atoms. The number of aliphatic hydroxyl groups excluding tert-OH is 1. The van der Waals surface area contributed by atoms with E-state index < -0.39 is 6.04 Å². The summed E-state index contributed by atoms with van der Waals surface area (Å²) in [6.45, 7) is 1.81. The molecule has 1 fully saturated rings. The lowest BCUT2D eigenvalue weighted by Gasteiger charge is -2.26. The van der Waals surface area contributed by atoms with Crippen LogP contribution in [0.2, 0.25) is 0 Å². The fraction of sp³-hybridized carbons (Fsp3) is 0.533. The van der Waals surface area contributed by atoms with Crippen LogP contribution in [0.4, 0.5) is 0 Å². The van der Waals surface area contributed by atoms with Gasteiger partial charge < -0.3 is 20.9 Å². The maximum absolute atomic E-state index is 12.0. The average molecular weight is 315 g/mol. The van der Waals surface area contributed by atoms with Crippen molar-refractivity contribution in [3.05, 3.63) is 35.4 Å². The lowest BCUT2D eigenvalue weighted by Crippen LogP contribution is -2.46. The second-order valence-electron chi connectivity index (χ2n) is 5.17. The van der Waals surface area contributed by atoms with Crippen molar-refractivity contribution >= 4 is 18.3 Å². The van der Waals surface area contributed by atoms with E-state index in [0.29, 0.717) is 19.8 Å². The molecule has 0 aromatic heterocycles. The largest absolute Gasteiger partial charge is 0.392 e. The van der Waals surface area contributed by atoms with Crippen molar-refractivity contribution in [3.8, 4) is 0 Å². The SMILES string of the molecule is Cl.NC(C(=O)NCc1cccc(CO)c1)C1CCOCC1. The Balaban J connectivity index is 0.00000220. The van der Waals surface area contributed by atoms with Gasteiger partial charge in [-0.15, -0.1) is 12.4 Å². The standard InChI is InChI=1S/C15H22N2O3.ClH/c16-14(13-4-6-20-7-5-13)15(19)17-9-11-2-1-3-12(8-11)10-18;/h1-3,8,13-14,18H,4-7,9-10,16H2,(H,17,19);1H. The minimum Gasteiger partial charge on any atom is -0.392 e. The van der Waals surface area contributed by atoms with E-state index in [1.54, 1.807) is 0 Å². The summed E-state index contributed by atoms with van der Waals surface area (Å²) in [7, 11) is 0. The zero-order valence-electron chi connectivity index (χ0n) is 12.0. The number of benzene rings is 1. The number of amides is 1. The minimum atomic E-state index is -0.472. The summed E-state index contributed by atoms with van der Waals surface area (Å²) < 4.78 is 5.27. The summed E-state index contributed by atoms with van der Waals surface area (Å²) in [5.41, 5.74) is 7.81. The number of rotatable bonds is 5. The van der Waals surface area contributed by atoms with E-state index in [2.05, 4.69) is 5.32 Å². The minimum absolute atomic E-state index is 0. The molecule has 1 aromatic rings. The van der Waals surface area contributed by atoms with Gasteiger partial charge in [0.25, 0.3) is 0 Å². The molecule has 0 radical (unpaired) electrons. The Morgan fingerprint density at radius 3 is 2.71 bits per heavy atom. The van der Waals surface area contributed by atoms with Gasteiger partial charge >= 0.3 is 0 Å². The van der Waals surface area contributed by atoms with Crippen LogP contribution in [-0.4, -0.2) is 30.3 Å². The van der Waals surface area contributed by atoms with Crippen LogP contribution in [0, 0.1) is 5.92 Å². The summed E-state index contributed by atoms with van der Waals surface area (Å²) in [5, 5.41) is 11.9. The molecule has 1 aromatic carbocycles. The van der Waals surface area contributed by atoms with Gasteiger partial charge in [0.15, 0.2) is 0 Å². The van der Waals surface area contributed by atoms with Crippen molar-refractivity contribution in [3.63, 3.8) is 0 Å². The number of nitrogens with one attached hydrogen (secondary N) is 1. The number of halogens is 1. The van der Waals surface area contributed by atoms with Crippen LogP contribution in [0.5, 0.6) is 0 Å². The monoisotopic (exact) mass is 314 g/mol. The summed E-state index contributed by atoms with van der Waals surface area (Å²) >= 11 is 0. The van der Waals surface area contributed by atoms with Crippen molar-refractivity contribution in [1.29, 1.82) is 0 Å². The van der Waals surface area contributed by atoms with Gasteiger partial charge in [0.2, 0.25) is 5.91 Å². The first-order valence-electron chi connectivity index (χ1n) is 7.00. The number of hydrogen-bond donors (Lipinski definition) is 3. The van der Waals surface area contributed by atoms with Gasteiger partial charge in [-0.25, -0.2) is 0 Å². The zero-order chi connectivity index (χ0) is 14.4. The number of ether oxygens (including phenoxy) is 1. The summed E-state index contributed by atoms with van der Waals surface area (Å²) in [5.74, 6) is 0.0822. The molecule has 1 aliphatic heterocycles. The second kappa shape index (κ2) is 9.00. The summed E-state index contributed by atoms with van der Waals surface area (Å²) in [6.07, 6.45) is 1.68. The first kappa shape index (κ1) is 17.9. The van der Waals surface area contributed by atoms with Gasteiger partial charge in [-0.2, -0.15) is 0 Å². The maximum Gasteiger partial charge on any atom is 0.237 e. The molecule has 1 saturated heterocycles. The molecule has 0 aliphatic carbocycles. The van der Waals surface area contributed by atoms with Crippen LogP contribution in [-0.2, 0) is 22.7 Å². The highest BCUT2D eigenvalue weighted by Gasteiger charge is 2.26. The number of aliphatic hydroxyl groups is 1. The Kier molecular flexibility index (Phi) is 7.67. The van der Waals surface area contributed by atoms with E-state index in [-0.39, 0.29) is 30.8 Å². The summed E-state index contributed by atoms with van der Waals surface area (Å²) in [4.78, 5) is 12.0. The Bertz CT molecular complexity index is 450. The van der Waals surface area contributed by atoms with Gasteiger partial charge in [-0.3, -0.25) is 4.79 Å². The predicted molar refractivity (Wildman–Crippen MR) is 83.0 cm³/mol. The first-order valence-corrected chi connectivity index (χ1v) is 7.00. The van der Waals surface area contributed by atoms with E-state index in [1.807, 2.05) is 24.3 Å². The molecule has 4 N–H and O–H groups in total. The lowest BCUT2D eigenvalue weighted by atomic mass is 9.92. The average Bonchev–Trinajstić information content (AvgIpc) is 2.53. The van der Waals surface area contributed by atoms with Crippen LogP contribution < -0.4 is 11.1 Å². The number of nitrogens with two attached hydrogens (primary N) is 1. The molecule has 0 saturated carbocycles. The maximum atomic E-state index is 12.0. The van der Waals surface area contributed by atoms with Gasteiger partial charge in [0.05, 0.1) is 12.6 Å². The van der Waals surface area contributed by atoms with E-state index in [9.17, 15) is 4.79 Å². The van der Waals surface area contributed by atoms with Crippen LogP contribution in [0.3, 0.4) is 0 Å². The normalized spacial score (nSPS) is 16.9. The highest BCUT2D eigenvalue weighted by molar-refractivity contribution is 5.85. The Morgan fingerprint density at radius 1 is 1.38 bits per heavy atom. The molecule has 2 rings (SSSR count). The van der Waals surface area contributed by atoms with Gasteiger partial charge in [-0.05, 0) is 29.9 Å². The van der Waals surface area contributed by atoms with Crippen LogP contribution >= 0.6 is 12.4 Å². The van der Waals surface area contributed by atoms with Crippen molar-refractivity contribution in [2.75, 3.05) is 13.2 Å².